The first-order valence-electron chi connectivity index (χ1n) is 5.43. The largest absolute Gasteiger partial charge is 0.327 e. The lowest BCUT2D eigenvalue weighted by atomic mass is 10.1. The summed E-state index contributed by atoms with van der Waals surface area (Å²) in [4.78, 5) is 1.22. The Labute approximate surface area is 126 Å². The highest BCUT2D eigenvalue weighted by Gasteiger charge is 2.30. The van der Waals surface area contributed by atoms with Gasteiger partial charge in [-0.15, -0.1) is 23.7 Å². The molecule has 0 saturated carbocycles. The Morgan fingerprint density at radius 3 is 2.72 bits per heavy atom. The number of thiophene rings is 1. The van der Waals surface area contributed by atoms with Gasteiger partial charge in [0.1, 0.15) is 0 Å². The zero-order valence-corrected chi connectivity index (χ0v) is 14.0. The van der Waals surface area contributed by atoms with Gasteiger partial charge in [-0.25, -0.2) is 8.42 Å². The highest BCUT2D eigenvalue weighted by molar-refractivity contribution is 9.11. The molecule has 0 spiro atoms. The Morgan fingerprint density at radius 1 is 1.56 bits per heavy atom. The summed E-state index contributed by atoms with van der Waals surface area (Å²) < 4.78 is 27.2. The van der Waals surface area contributed by atoms with E-state index in [1.54, 1.807) is 6.07 Å². The number of nitrogens with two attached hydrogens (primary N) is 1. The van der Waals surface area contributed by atoms with Crippen LogP contribution in [0.1, 0.15) is 17.7 Å². The maximum Gasteiger partial charge on any atom is 0.244 e. The lowest BCUT2D eigenvalue weighted by Crippen LogP contribution is -2.45. The molecule has 1 aromatic rings. The van der Waals surface area contributed by atoms with Crippen LogP contribution < -0.4 is 5.73 Å². The molecule has 1 saturated heterocycles. The molecule has 2 heterocycles. The number of piperidine rings is 1. The van der Waals surface area contributed by atoms with E-state index < -0.39 is 10.0 Å². The van der Waals surface area contributed by atoms with Crippen molar-refractivity contribution in [1.29, 1.82) is 0 Å². The Balaban J connectivity index is 0.00000162. The predicted octanol–water partition coefficient (Wildman–Crippen LogP) is 2.35. The van der Waals surface area contributed by atoms with Gasteiger partial charge < -0.3 is 5.73 Å². The molecule has 4 nitrogen and oxygen atoms in total. The van der Waals surface area contributed by atoms with Gasteiger partial charge >= 0.3 is 0 Å². The van der Waals surface area contributed by atoms with Crippen molar-refractivity contribution >= 4 is 49.7 Å². The molecule has 104 valence electrons. The molecule has 1 fully saturated rings. The molecule has 0 radical (unpaired) electrons. The first-order chi connectivity index (χ1) is 7.91. The normalized spacial score (nSPS) is 21.6. The third kappa shape index (κ3) is 3.26. The van der Waals surface area contributed by atoms with Crippen molar-refractivity contribution in [3.05, 3.63) is 14.7 Å². The molecule has 0 bridgehead atoms. The molecule has 2 N–H and O–H groups in total. The van der Waals surface area contributed by atoms with Gasteiger partial charge in [0.25, 0.3) is 0 Å². The number of nitrogens with zero attached hydrogens (tertiary/aromatic N) is 1. The standard InChI is InChI=1S/C10H15BrN2O2S2.ClH/c1-7-9(5-10(11)16-7)17(14,15)13-4-2-3-8(12)6-13;/h5,8H,2-4,6,12H2,1H3;1H. The zero-order chi connectivity index (χ0) is 12.6. The van der Waals surface area contributed by atoms with Crippen LogP contribution >= 0.6 is 39.7 Å². The van der Waals surface area contributed by atoms with Crippen LogP contribution in [0.2, 0.25) is 0 Å². The minimum Gasteiger partial charge on any atom is -0.327 e. The quantitative estimate of drug-likeness (QED) is 0.863. The molecule has 18 heavy (non-hydrogen) atoms. The van der Waals surface area contributed by atoms with Crippen LogP contribution in [-0.2, 0) is 10.0 Å². The lowest BCUT2D eigenvalue weighted by Gasteiger charge is -2.29. The van der Waals surface area contributed by atoms with Crippen molar-refractivity contribution in [2.24, 2.45) is 5.73 Å². The van der Waals surface area contributed by atoms with Crippen LogP contribution in [0.5, 0.6) is 0 Å². The van der Waals surface area contributed by atoms with E-state index >= 15 is 0 Å². The molecule has 1 unspecified atom stereocenters. The minimum absolute atomic E-state index is 0. The average Bonchev–Trinajstić information content (AvgIpc) is 2.58. The van der Waals surface area contributed by atoms with Crippen molar-refractivity contribution in [3.63, 3.8) is 0 Å². The van der Waals surface area contributed by atoms with E-state index in [1.807, 2.05) is 6.92 Å². The molecule has 0 aromatic carbocycles. The number of aryl methyl sites for hydroxylation is 1. The fourth-order valence-corrected chi connectivity index (χ4v) is 5.94. The van der Waals surface area contributed by atoms with Crippen LogP contribution in [0.15, 0.2) is 14.7 Å². The summed E-state index contributed by atoms with van der Waals surface area (Å²) >= 11 is 4.76. The molecule has 0 amide bonds. The monoisotopic (exact) mass is 374 g/mol. The molecular formula is C10H16BrClN2O2S2. The Kier molecular flexibility index (Phi) is 5.64. The second kappa shape index (κ2) is 6.19. The molecule has 1 aromatic heterocycles. The van der Waals surface area contributed by atoms with Gasteiger partial charge in [0.2, 0.25) is 10.0 Å². The van der Waals surface area contributed by atoms with E-state index in [0.717, 1.165) is 21.5 Å². The maximum atomic E-state index is 12.4. The van der Waals surface area contributed by atoms with Crippen LogP contribution in [0, 0.1) is 6.92 Å². The summed E-state index contributed by atoms with van der Waals surface area (Å²) in [5, 5.41) is 0. The van der Waals surface area contributed by atoms with Crippen molar-refractivity contribution in [1.82, 2.24) is 4.31 Å². The first kappa shape index (κ1) is 16.4. The molecule has 1 aliphatic heterocycles. The van der Waals surface area contributed by atoms with E-state index in [0.29, 0.717) is 18.0 Å². The van der Waals surface area contributed by atoms with Crippen LogP contribution in [0.25, 0.3) is 0 Å². The van der Waals surface area contributed by atoms with Crippen LogP contribution in [0.4, 0.5) is 0 Å². The van der Waals surface area contributed by atoms with Gasteiger partial charge in [-0.3, -0.25) is 0 Å². The van der Waals surface area contributed by atoms with E-state index in [9.17, 15) is 8.42 Å². The summed E-state index contributed by atoms with van der Waals surface area (Å²) in [7, 11) is -3.37. The summed E-state index contributed by atoms with van der Waals surface area (Å²) in [6.45, 7) is 2.82. The summed E-state index contributed by atoms with van der Waals surface area (Å²) in [5.41, 5.74) is 5.83. The van der Waals surface area contributed by atoms with E-state index in [4.69, 9.17) is 5.73 Å². The van der Waals surface area contributed by atoms with Crippen molar-refractivity contribution in [2.45, 2.75) is 30.7 Å². The summed E-state index contributed by atoms with van der Waals surface area (Å²) in [6.07, 6.45) is 1.74. The van der Waals surface area contributed by atoms with Gasteiger partial charge in [-0.05, 0) is 41.8 Å². The number of hydrogen-bond donors (Lipinski definition) is 1. The van der Waals surface area contributed by atoms with Crippen molar-refractivity contribution in [2.75, 3.05) is 13.1 Å². The number of sulfonamides is 1. The Bertz CT molecular complexity index is 518. The van der Waals surface area contributed by atoms with Gasteiger partial charge in [0.15, 0.2) is 0 Å². The first-order valence-corrected chi connectivity index (χ1v) is 8.48. The van der Waals surface area contributed by atoms with Gasteiger partial charge in [-0.1, -0.05) is 0 Å². The lowest BCUT2D eigenvalue weighted by molar-refractivity contribution is 0.316. The average molecular weight is 376 g/mol. The number of rotatable bonds is 2. The highest BCUT2D eigenvalue weighted by Crippen LogP contribution is 2.32. The smallest absolute Gasteiger partial charge is 0.244 e. The second-order valence-electron chi connectivity index (χ2n) is 4.24. The predicted molar refractivity (Wildman–Crippen MR) is 80.0 cm³/mol. The van der Waals surface area contributed by atoms with E-state index in [2.05, 4.69) is 15.9 Å². The zero-order valence-electron chi connectivity index (χ0n) is 9.93. The molecule has 1 atom stereocenters. The fourth-order valence-electron chi connectivity index (χ4n) is 2.02. The summed E-state index contributed by atoms with van der Waals surface area (Å²) in [6, 6.07) is 1.64. The molecule has 1 aliphatic rings. The Morgan fingerprint density at radius 2 is 2.22 bits per heavy atom. The van der Waals surface area contributed by atoms with E-state index in [1.165, 1.54) is 15.6 Å². The molecule has 2 rings (SSSR count). The third-order valence-corrected chi connectivity index (χ3v) is 6.55. The van der Waals surface area contributed by atoms with Gasteiger partial charge in [-0.2, -0.15) is 4.31 Å². The van der Waals surface area contributed by atoms with Crippen molar-refractivity contribution < 1.29 is 8.42 Å². The summed E-state index contributed by atoms with van der Waals surface area (Å²) in [5.74, 6) is 0. The Hall–Kier alpha value is 0.340. The fraction of sp³-hybridized carbons (Fsp3) is 0.600. The van der Waals surface area contributed by atoms with Crippen LogP contribution in [-0.4, -0.2) is 31.9 Å². The number of halogens is 2. The maximum absolute atomic E-state index is 12.4. The van der Waals surface area contributed by atoms with Gasteiger partial charge in [0, 0.05) is 24.0 Å². The van der Waals surface area contributed by atoms with E-state index in [-0.39, 0.29) is 18.4 Å². The second-order valence-corrected chi connectivity index (χ2v) is 8.78. The topological polar surface area (TPSA) is 63.4 Å². The van der Waals surface area contributed by atoms with Crippen LogP contribution in [0.3, 0.4) is 0 Å². The van der Waals surface area contributed by atoms with Gasteiger partial charge in [0.05, 0.1) is 8.68 Å². The third-order valence-electron chi connectivity index (χ3n) is 2.88. The molecule has 8 heteroatoms. The molecule has 0 aliphatic carbocycles. The molecular weight excluding hydrogens is 360 g/mol. The minimum atomic E-state index is -3.37. The number of hydrogen-bond acceptors (Lipinski definition) is 4. The van der Waals surface area contributed by atoms with Crippen molar-refractivity contribution in [3.8, 4) is 0 Å². The SMILES string of the molecule is Cc1sc(Br)cc1S(=O)(=O)N1CCCC(N)C1.Cl. The highest BCUT2D eigenvalue weighted by atomic mass is 79.9.